The van der Waals surface area contributed by atoms with Crippen LogP contribution in [-0.4, -0.2) is 47.8 Å². The van der Waals surface area contributed by atoms with Gasteiger partial charge in [0.25, 0.3) is 0 Å². The number of nitrogens with zero attached hydrogens (tertiary/aromatic N) is 2. The highest BCUT2D eigenvalue weighted by Crippen LogP contribution is 2.18. The van der Waals surface area contributed by atoms with Gasteiger partial charge in [-0.25, -0.2) is 0 Å². The second-order valence-corrected chi connectivity index (χ2v) is 4.28. The van der Waals surface area contributed by atoms with E-state index in [1.165, 1.54) is 0 Å². The smallest absolute Gasteiger partial charge is 0.245 e. The highest BCUT2D eigenvalue weighted by molar-refractivity contribution is 5.87. The molecule has 1 aliphatic rings. The minimum Gasteiger partial charge on any atom is -0.341 e. The van der Waals surface area contributed by atoms with Gasteiger partial charge in [-0.3, -0.25) is 9.59 Å². The van der Waals surface area contributed by atoms with Crippen LogP contribution in [-0.2, 0) is 9.59 Å². The van der Waals surface area contributed by atoms with E-state index >= 15 is 0 Å². The fourth-order valence-electron chi connectivity index (χ4n) is 2.19. The Morgan fingerprint density at radius 2 is 2.00 bits per heavy atom. The second-order valence-electron chi connectivity index (χ2n) is 4.28. The molecule has 0 aliphatic carbocycles. The molecule has 0 N–H and O–H groups in total. The van der Waals surface area contributed by atoms with Gasteiger partial charge in [0.15, 0.2) is 0 Å². The van der Waals surface area contributed by atoms with Crippen molar-refractivity contribution < 1.29 is 9.59 Å². The van der Waals surface area contributed by atoms with E-state index in [0.717, 1.165) is 19.3 Å². The van der Waals surface area contributed by atoms with Gasteiger partial charge in [-0.05, 0) is 26.7 Å². The Morgan fingerprint density at radius 3 is 2.56 bits per heavy atom. The summed E-state index contributed by atoms with van der Waals surface area (Å²) in [6.45, 7) is 5.38. The number of likely N-dealkylation sites (N-methyl/N-ethyl adjacent to an activating group) is 2. The summed E-state index contributed by atoms with van der Waals surface area (Å²) in [5, 5.41) is 0. The van der Waals surface area contributed by atoms with E-state index < -0.39 is 0 Å². The van der Waals surface area contributed by atoms with Crippen molar-refractivity contribution in [1.29, 1.82) is 0 Å². The van der Waals surface area contributed by atoms with Crippen molar-refractivity contribution in [1.82, 2.24) is 9.80 Å². The van der Waals surface area contributed by atoms with Gasteiger partial charge in [-0.2, -0.15) is 0 Å². The van der Waals surface area contributed by atoms with E-state index in [1.807, 2.05) is 13.8 Å². The van der Waals surface area contributed by atoms with Crippen molar-refractivity contribution in [2.24, 2.45) is 0 Å². The van der Waals surface area contributed by atoms with E-state index in [-0.39, 0.29) is 17.9 Å². The predicted octanol–water partition coefficient (Wildman–Crippen LogP) is 1.26. The molecular formula is C12H22N2O2. The normalized spacial score (nSPS) is 21.8. The summed E-state index contributed by atoms with van der Waals surface area (Å²) < 4.78 is 0. The van der Waals surface area contributed by atoms with Crippen LogP contribution in [0.2, 0.25) is 0 Å². The van der Waals surface area contributed by atoms with Gasteiger partial charge in [0.05, 0.1) is 0 Å². The molecule has 0 aromatic carbocycles. The van der Waals surface area contributed by atoms with E-state index in [9.17, 15) is 9.59 Å². The summed E-state index contributed by atoms with van der Waals surface area (Å²) in [4.78, 5) is 27.3. The van der Waals surface area contributed by atoms with Crippen LogP contribution in [0, 0.1) is 0 Å². The molecule has 16 heavy (non-hydrogen) atoms. The summed E-state index contributed by atoms with van der Waals surface area (Å²) in [5.41, 5.74) is 0. The quantitative estimate of drug-likeness (QED) is 0.727. The maximum Gasteiger partial charge on any atom is 0.245 e. The molecule has 0 saturated carbocycles. The van der Waals surface area contributed by atoms with Gasteiger partial charge in [0.1, 0.15) is 6.04 Å². The molecule has 1 atom stereocenters. The van der Waals surface area contributed by atoms with Crippen LogP contribution in [0.3, 0.4) is 0 Å². The molecule has 1 saturated heterocycles. The van der Waals surface area contributed by atoms with Gasteiger partial charge >= 0.3 is 0 Å². The molecule has 0 spiro atoms. The lowest BCUT2D eigenvalue weighted by molar-refractivity contribution is -0.143. The number of carbonyl (C=O) groups is 2. The van der Waals surface area contributed by atoms with Crippen LogP contribution in [0.15, 0.2) is 0 Å². The zero-order chi connectivity index (χ0) is 12.1. The highest BCUT2D eigenvalue weighted by atomic mass is 16.2. The lowest BCUT2D eigenvalue weighted by Crippen LogP contribution is -2.48. The molecule has 0 aromatic heterocycles. The lowest BCUT2D eigenvalue weighted by atomic mass is 10.1. The number of likely N-dealkylation sites (tertiary alicyclic amines) is 1. The summed E-state index contributed by atoms with van der Waals surface area (Å²) >= 11 is 0. The number of amides is 2. The van der Waals surface area contributed by atoms with Gasteiger partial charge in [0.2, 0.25) is 11.8 Å². The number of hydrogen-bond acceptors (Lipinski definition) is 2. The molecule has 4 heteroatoms. The third-order valence-electron chi connectivity index (χ3n) is 3.34. The van der Waals surface area contributed by atoms with Crippen LogP contribution in [0.1, 0.15) is 39.5 Å². The van der Waals surface area contributed by atoms with Gasteiger partial charge in [0, 0.05) is 26.6 Å². The van der Waals surface area contributed by atoms with Gasteiger partial charge in [-0.1, -0.05) is 6.42 Å². The zero-order valence-corrected chi connectivity index (χ0v) is 10.5. The largest absolute Gasteiger partial charge is 0.341 e. The number of rotatable bonds is 3. The predicted molar refractivity (Wildman–Crippen MR) is 63.0 cm³/mol. The first-order valence-corrected chi connectivity index (χ1v) is 6.16. The number of carbonyl (C=O) groups excluding carboxylic acids is 2. The fraction of sp³-hybridized carbons (Fsp3) is 0.833. The fourth-order valence-corrected chi connectivity index (χ4v) is 2.19. The molecule has 1 rings (SSSR count). The minimum absolute atomic E-state index is 0.0998. The average Bonchev–Trinajstić information content (AvgIpc) is 2.44. The summed E-state index contributed by atoms with van der Waals surface area (Å²) in [7, 11) is 1.75. The van der Waals surface area contributed by atoms with Crippen molar-refractivity contribution >= 4 is 11.8 Å². The van der Waals surface area contributed by atoms with E-state index in [4.69, 9.17) is 0 Å². The third-order valence-corrected chi connectivity index (χ3v) is 3.34. The standard InChI is InChI=1S/C12H22N2O2/c1-4-14(5-2)12(16)10-8-6-7-9-11(15)13(10)3/h10H,4-9H2,1-3H3. The second kappa shape index (κ2) is 5.87. The van der Waals surface area contributed by atoms with Crippen LogP contribution in [0.5, 0.6) is 0 Å². The minimum atomic E-state index is -0.241. The maximum atomic E-state index is 12.2. The molecule has 1 heterocycles. The first kappa shape index (κ1) is 13.0. The van der Waals surface area contributed by atoms with Crippen LogP contribution in [0.25, 0.3) is 0 Å². The van der Waals surface area contributed by atoms with Gasteiger partial charge in [-0.15, -0.1) is 0 Å². The first-order chi connectivity index (χ1) is 7.61. The van der Waals surface area contributed by atoms with Crippen molar-refractivity contribution in [3.63, 3.8) is 0 Å². The van der Waals surface area contributed by atoms with Crippen LogP contribution >= 0.6 is 0 Å². The molecule has 1 aliphatic heterocycles. The Bertz CT molecular complexity index is 262. The Morgan fingerprint density at radius 1 is 1.38 bits per heavy atom. The van der Waals surface area contributed by atoms with Crippen molar-refractivity contribution in [3.05, 3.63) is 0 Å². The monoisotopic (exact) mass is 226 g/mol. The molecule has 1 unspecified atom stereocenters. The third kappa shape index (κ3) is 2.74. The zero-order valence-electron chi connectivity index (χ0n) is 10.5. The average molecular weight is 226 g/mol. The van der Waals surface area contributed by atoms with E-state index in [1.54, 1.807) is 16.8 Å². The maximum absolute atomic E-state index is 12.2. The van der Waals surface area contributed by atoms with Crippen molar-refractivity contribution in [2.75, 3.05) is 20.1 Å². The Balaban J connectivity index is 2.75. The molecule has 1 fully saturated rings. The Hall–Kier alpha value is -1.06. The number of hydrogen-bond donors (Lipinski definition) is 0. The molecule has 92 valence electrons. The van der Waals surface area contributed by atoms with Gasteiger partial charge < -0.3 is 9.80 Å². The van der Waals surface area contributed by atoms with E-state index in [0.29, 0.717) is 19.5 Å². The van der Waals surface area contributed by atoms with Crippen molar-refractivity contribution in [3.8, 4) is 0 Å². The topological polar surface area (TPSA) is 40.6 Å². The Labute approximate surface area is 97.6 Å². The highest BCUT2D eigenvalue weighted by Gasteiger charge is 2.30. The summed E-state index contributed by atoms with van der Waals surface area (Å²) in [5.74, 6) is 0.200. The molecule has 4 nitrogen and oxygen atoms in total. The molecule has 0 aromatic rings. The van der Waals surface area contributed by atoms with Crippen LogP contribution in [0.4, 0.5) is 0 Å². The molecule has 2 amide bonds. The van der Waals surface area contributed by atoms with E-state index in [2.05, 4.69) is 0 Å². The summed E-state index contributed by atoms with van der Waals surface area (Å²) in [6, 6.07) is -0.241. The molecule has 0 bridgehead atoms. The summed E-state index contributed by atoms with van der Waals surface area (Å²) in [6.07, 6.45) is 3.26. The van der Waals surface area contributed by atoms with Crippen LogP contribution < -0.4 is 0 Å². The molecular weight excluding hydrogens is 204 g/mol. The SMILES string of the molecule is CCN(CC)C(=O)C1CCCCC(=O)N1C. The molecule has 0 radical (unpaired) electrons. The Kier molecular flexibility index (Phi) is 4.77. The first-order valence-electron chi connectivity index (χ1n) is 6.16. The lowest BCUT2D eigenvalue weighted by Gasteiger charge is -2.30. The van der Waals surface area contributed by atoms with Crippen molar-refractivity contribution in [2.45, 2.75) is 45.6 Å².